The lowest BCUT2D eigenvalue weighted by atomic mass is 10.0. The first-order chi connectivity index (χ1) is 8.54. The first-order valence-electron chi connectivity index (χ1n) is 6.25. The molecule has 1 saturated heterocycles. The van der Waals surface area contributed by atoms with Crippen molar-refractivity contribution in [3.8, 4) is 0 Å². The number of likely N-dealkylation sites (tertiary alicyclic amines) is 1. The van der Waals surface area contributed by atoms with Crippen LogP contribution in [0, 0.1) is 0 Å². The predicted molar refractivity (Wildman–Crippen MR) is 69.6 cm³/mol. The molecule has 1 N–H and O–H groups in total. The summed E-state index contributed by atoms with van der Waals surface area (Å²) in [6.07, 6.45) is 1.99. The van der Waals surface area contributed by atoms with Gasteiger partial charge in [0, 0.05) is 26.2 Å². The zero-order chi connectivity index (χ0) is 13.5. The number of alkyl halides is 1. The van der Waals surface area contributed by atoms with Crippen LogP contribution in [0.5, 0.6) is 0 Å². The Bertz CT molecular complexity index is 289. The van der Waals surface area contributed by atoms with E-state index in [0.717, 1.165) is 12.8 Å². The quantitative estimate of drug-likeness (QED) is 0.754. The van der Waals surface area contributed by atoms with Gasteiger partial charge in [-0.2, -0.15) is 0 Å². The highest BCUT2D eigenvalue weighted by Crippen LogP contribution is 2.12. The molecule has 0 bridgehead atoms. The number of halogens is 1. The number of ether oxygens (including phenoxy) is 1. The molecule has 0 saturated carbocycles. The molecule has 6 heteroatoms. The van der Waals surface area contributed by atoms with Crippen molar-refractivity contribution in [1.29, 1.82) is 0 Å². The summed E-state index contributed by atoms with van der Waals surface area (Å²) in [7, 11) is 1.59. The molecule has 0 spiro atoms. The zero-order valence-corrected chi connectivity index (χ0v) is 11.7. The Labute approximate surface area is 113 Å². The lowest BCUT2D eigenvalue weighted by molar-refractivity contribution is -0.133. The van der Waals surface area contributed by atoms with E-state index in [9.17, 15) is 9.59 Å². The second-order valence-electron chi connectivity index (χ2n) is 4.52. The summed E-state index contributed by atoms with van der Waals surface area (Å²) in [6.45, 7) is 3.48. The zero-order valence-electron chi connectivity index (χ0n) is 10.9. The number of piperidine rings is 1. The largest absolute Gasteiger partial charge is 0.384 e. The lowest BCUT2D eigenvalue weighted by Crippen LogP contribution is -2.47. The molecule has 0 radical (unpaired) electrons. The van der Waals surface area contributed by atoms with Gasteiger partial charge in [0.15, 0.2) is 0 Å². The monoisotopic (exact) mass is 276 g/mol. The number of rotatable bonds is 5. The van der Waals surface area contributed by atoms with Crippen molar-refractivity contribution in [3.63, 3.8) is 0 Å². The highest BCUT2D eigenvalue weighted by molar-refractivity contribution is 6.30. The summed E-state index contributed by atoms with van der Waals surface area (Å²) in [5.41, 5.74) is 0. The van der Waals surface area contributed by atoms with Crippen molar-refractivity contribution in [3.05, 3.63) is 0 Å². The summed E-state index contributed by atoms with van der Waals surface area (Å²) < 4.78 is 4.88. The van der Waals surface area contributed by atoms with E-state index in [1.165, 1.54) is 0 Å². The van der Waals surface area contributed by atoms with Crippen LogP contribution in [0.4, 0.5) is 0 Å². The number of hydrogen-bond donors (Lipinski definition) is 1. The molecule has 1 heterocycles. The Hall–Kier alpha value is -0.810. The molecule has 0 aromatic heterocycles. The van der Waals surface area contributed by atoms with E-state index in [1.54, 1.807) is 14.0 Å². The predicted octanol–water partition coefficient (Wildman–Crippen LogP) is 0.757. The minimum Gasteiger partial charge on any atom is -0.384 e. The van der Waals surface area contributed by atoms with E-state index in [0.29, 0.717) is 26.1 Å². The number of hydrogen-bond acceptors (Lipinski definition) is 3. The van der Waals surface area contributed by atoms with Gasteiger partial charge in [0.25, 0.3) is 0 Å². The van der Waals surface area contributed by atoms with Gasteiger partial charge >= 0.3 is 0 Å². The van der Waals surface area contributed by atoms with E-state index in [4.69, 9.17) is 16.3 Å². The summed E-state index contributed by atoms with van der Waals surface area (Å²) in [6, 6.07) is 0.130. The van der Waals surface area contributed by atoms with Gasteiger partial charge in [-0.25, -0.2) is 0 Å². The number of nitrogens with one attached hydrogen (secondary N) is 1. The standard InChI is InChI=1S/C12H21ClN2O3/c1-9(13)12(17)14-10-3-6-15(7-4-10)11(16)5-8-18-2/h9-10H,3-8H2,1-2H3,(H,14,17). The fourth-order valence-corrected chi connectivity index (χ4v) is 2.00. The van der Waals surface area contributed by atoms with Crippen molar-refractivity contribution in [1.82, 2.24) is 10.2 Å². The van der Waals surface area contributed by atoms with Gasteiger partial charge in [-0.1, -0.05) is 0 Å². The minimum absolute atomic E-state index is 0.118. The summed E-state index contributed by atoms with van der Waals surface area (Å²) in [5.74, 6) is -0.0202. The van der Waals surface area contributed by atoms with Gasteiger partial charge in [-0.15, -0.1) is 11.6 Å². The molecule has 2 amide bonds. The van der Waals surface area contributed by atoms with Crippen molar-refractivity contribution >= 4 is 23.4 Å². The maximum atomic E-state index is 11.7. The average Bonchev–Trinajstić information content (AvgIpc) is 2.36. The third-order valence-electron chi connectivity index (χ3n) is 3.08. The molecule has 18 heavy (non-hydrogen) atoms. The van der Waals surface area contributed by atoms with E-state index in [1.807, 2.05) is 4.90 Å². The van der Waals surface area contributed by atoms with Crippen molar-refractivity contribution in [2.75, 3.05) is 26.8 Å². The normalized spacial score (nSPS) is 18.5. The molecule has 1 rings (SSSR count). The molecule has 0 aromatic carbocycles. The van der Waals surface area contributed by atoms with Gasteiger partial charge in [-0.3, -0.25) is 9.59 Å². The summed E-state index contributed by atoms with van der Waals surface area (Å²) in [5, 5.41) is 2.38. The van der Waals surface area contributed by atoms with Crippen LogP contribution in [-0.2, 0) is 14.3 Å². The second kappa shape index (κ2) is 7.59. The Morgan fingerprint density at radius 2 is 2.06 bits per heavy atom. The smallest absolute Gasteiger partial charge is 0.237 e. The Morgan fingerprint density at radius 3 is 2.56 bits per heavy atom. The van der Waals surface area contributed by atoms with Crippen LogP contribution in [0.25, 0.3) is 0 Å². The third kappa shape index (κ3) is 4.82. The van der Waals surface area contributed by atoms with Crippen LogP contribution < -0.4 is 5.32 Å². The van der Waals surface area contributed by atoms with Gasteiger partial charge in [-0.05, 0) is 19.8 Å². The summed E-state index contributed by atoms with van der Waals surface area (Å²) >= 11 is 5.69. The Morgan fingerprint density at radius 1 is 1.44 bits per heavy atom. The van der Waals surface area contributed by atoms with E-state index in [-0.39, 0.29) is 17.9 Å². The maximum absolute atomic E-state index is 11.7. The number of methoxy groups -OCH3 is 1. The fourth-order valence-electron chi connectivity index (χ4n) is 1.94. The number of amides is 2. The van der Waals surface area contributed by atoms with Gasteiger partial charge in [0.1, 0.15) is 5.38 Å². The Kier molecular flexibility index (Phi) is 6.43. The molecule has 1 aliphatic rings. The van der Waals surface area contributed by atoms with Crippen LogP contribution in [-0.4, -0.2) is 54.9 Å². The van der Waals surface area contributed by atoms with Gasteiger partial charge < -0.3 is 15.0 Å². The summed E-state index contributed by atoms with van der Waals surface area (Å²) in [4.78, 5) is 25.0. The molecule has 1 fully saturated rings. The topological polar surface area (TPSA) is 58.6 Å². The molecule has 0 aromatic rings. The number of nitrogens with zero attached hydrogens (tertiary/aromatic N) is 1. The molecule has 104 valence electrons. The number of carbonyl (C=O) groups is 2. The average molecular weight is 277 g/mol. The van der Waals surface area contributed by atoms with Crippen molar-refractivity contribution < 1.29 is 14.3 Å². The SMILES string of the molecule is COCCC(=O)N1CCC(NC(=O)C(C)Cl)CC1. The first-order valence-corrected chi connectivity index (χ1v) is 6.69. The lowest BCUT2D eigenvalue weighted by Gasteiger charge is -2.32. The maximum Gasteiger partial charge on any atom is 0.237 e. The van der Waals surface area contributed by atoms with Crippen molar-refractivity contribution in [2.24, 2.45) is 0 Å². The fraction of sp³-hybridized carbons (Fsp3) is 0.833. The number of carbonyl (C=O) groups excluding carboxylic acids is 2. The highest BCUT2D eigenvalue weighted by atomic mass is 35.5. The molecule has 0 aliphatic carbocycles. The van der Waals surface area contributed by atoms with Crippen LogP contribution >= 0.6 is 11.6 Å². The molecule has 5 nitrogen and oxygen atoms in total. The molecule has 1 aliphatic heterocycles. The Balaban J connectivity index is 2.28. The van der Waals surface area contributed by atoms with Gasteiger partial charge in [0.05, 0.1) is 13.0 Å². The minimum atomic E-state index is -0.508. The van der Waals surface area contributed by atoms with Crippen molar-refractivity contribution in [2.45, 2.75) is 37.6 Å². The van der Waals surface area contributed by atoms with E-state index >= 15 is 0 Å². The highest BCUT2D eigenvalue weighted by Gasteiger charge is 2.24. The van der Waals surface area contributed by atoms with Gasteiger partial charge in [0.2, 0.25) is 11.8 Å². The van der Waals surface area contributed by atoms with Crippen LogP contribution in [0.1, 0.15) is 26.2 Å². The van der Waals surface area contributed by atoms with E-state index < -0.39 is 5.38 Å². The molecule has 1 unspecified atom stereocenters. The van der Waals surface area contributed by atoms with Crippen LogP contribution in [0.2, 0.25) is 0 Å². The molecular weight excluding hydrogens is 256 g/mol. The molecule has 1 atom stereocenters. The molecular formula is C12H21ClN2O3. The van der Waals surface area contributed by atoms with E-state index in [2.05, 4.69) is 5.32 Å². The third-order valence-corrected chi connectivity index (χ3v) is 3.27. The second-order valence-corrected chi connectivity index (χ2v) is 5.18. The van der Waals surface area contributed by atoms with Crippen LogP contribution in [0.3, 0.4) is 0 Å². The van der Waals surface area contributed by atoms with Crippen LogP contribution in [0.15, 0.2) is 0 Å². The first kappa shape index (κ1) is 15.2.